The fourth-order valence-electron chi connectivity index (χ4n) is 1.78. The summed E-state index contributed by atoms with van der Waals surface area (Å²) in [7, 11) is 1.60. The van der Waals surface area contributed by atoms with Crippen molar-refractivity contribution >= 4 is 21.9 Å². The van der Waals surface area contributed by atoms with Gasteiger partial charge in [0.1, 0.15) is 6.04 Å². The normalized spacial score (nSPS) is 11.9. The molecule has 0 radical (unpaired) electrons. The molecule has 21 heavy (non-hydrogen) atoms. The van der Waals surface area contributed by atoms with Crippen molar-refractivity contribution in [3.8, 4) is 11.5 Å². The summed E-state index contributed by atoms with van der Waals surface area (Å²) in [5.41, 5.74) is 0.985. The van der Waals surface area contributed by atoms with Gasteiger partial charge in [0.15, 0.2) is 11.5 Å². The summed E-state index contributed by atoms with van der Waals surface area (Å²) in [6, 6.07) is 3.47. The molecule has 6 heteroatoms. The fourth-order valence-corrected chi connectivity index (χ4v) is 2.39. The largest absolute Gasteiger partial charge is 0.493 e. The van der Waals surface area contributed by atoms with Crippen molar-refractivity contribution in [1.82, 2.24) is 5.32 Å². The topological polar surface area (TPSA) is 56.8 Å². The highest BCUT2D eigenvalue weighted by atomic mass is 79.9. The van der Waals surface area contributed by atoms with Crippen LogP contribution in [0, 0.1) is 0 Å². The smallest absolute Gasteiger partial charge is 0.322 e. The summed E-state index contributed by atoms with van der Waals surface area (Å²) >= 11 is 3.48. The zero-order chi connectivity index (χ0) is 15.8. The summed E-state index contributed by atoms with van der Waals surface area (Å²) in [5, 5.41) is 3.12. The Morgan fingerprint density at radius 3 is 2.62 bits per heavy atom. The van der Waals surface area contributed by atoms with Gasteiger partial charge in [-0.15, -0.1) is 0 Å². The third-order valence-electron chi connectivity index (χ3n) is 2.83. The molecule has 1 aromatic carbocycles. The van der Waals surface area contributed by atoms with Gasteiger partial charge in [-0.2, -0.15) is 0 Å². The number of halogens is 1. The van der Waals surface area contributed by atoms with Gasteiger partial charge in [-0.1, -0.05) is 0 Å². The second kappa shape index (κ2) is 8.89. The van der Waals surface area contributed by atoms with Crippen LogP contribution >= 0.6 is 15.9 Å². The maximum absolute atomic E-state index is 11.6. The Bertz CT molecular complexity index is 479. The van der Waals surface area contributed by atoms with Crippen molar-refractivity contribution in [2.45, 2.75) is 33.4 Å². The van der Waals surface area contributed by atoms with Crippen LogP contribution in [0.5, 0.6) is 11.5 Å². The zero-order valence-corrected chi connectivity index (χ0v) is 14.5. The molecule has 0 aliphatic carbocycles. The molecule has 0 aliphatic rings. The third kappa shape index (κ3) is 5.21. The number of esters is 1. The zero-order valence-electron chi connectivity index (χ0n) is 12.9. The molecule has 1 atom stereocenters. The molecule has 1 N–H and O–H groups in total. The Balaban J connectivity index is 2.76. The molecule has 0 aliphatic heterocycles. The number of ether oxygens (including phenoxy) is 3. The van der Waals surface area contributed by atoms with Gasteiger partial charge in [-0.05, 0) is 54.4 Å². The van der Waals surface area contributed by atoms with Crippen LogP contribution in [0.4, 0.5) is 0 Å². The number of methoxy groups -OCH3 is 1. The van der Waals surface area contributed by atoms with Gasteiger partial charge in [0.05, 0.1) is 24.8 Å². The number of hydrogen-bond acceptors (Lipinski definition) is 5. The number of carbonyl (C=O) groups excluding carboxylic acids is 1. The summed E-state index contributed by atoms with van der Waals surface area (Å²) in [6.45, 7) is 6.96. The lowest BCUT2D eigenvalue weighted by atomic mass is 10.2. The van der Waals surface area contributed by atoms with Gasteiger partial charge in [0.25, 0.3) is 0 Å². The minimum Gasteiger partial charge on any atom is -0.493 e. The quantitative estimate of drug-likeness (QED) is 0.723. The third-order valence-corrected chi connectivity index (χ3v) is 3.42. The standard InChI is InChI=1S/C15H22BrNO4/c1-5-20-14-12(16)7-11(8-13(14)19-4)9-17-10(3)15(18)21-6-2/h7-8,10,17H,5-6,9H2,1-4H3. The molecule has 0 fully saturated rings. The predicted octanol–water partition coefficient (Wildman–Crippen LogP) is 2.90. The Labute approximate surface area is 134 Å². The summed E-state index contributed by atoms with van der Waals surface area (Å²) in [5.74, 6) is 1.09. The molecule has 0 heterocycles. The first kappa shape index (κ1) is 17.8. The first-order valence-electron chi connectivity index (χ1n) is 6.92. The summed E-state index contributed by atoms with van der Waals surface area (Å²) in [6.07, 6.45) is 0. The van der Waals surface area contributed by atoms with Gasteiger partial charge in [-0.3, -0.25) is 4.79 Å². The SMILES string of the molecule is CCOC(=O)C(C)NCc1cc(Br)c(OCC)c(OC)c1. The van der Waals surface area contributed by atoms with E-state index in [2.05, 4.69) is 21.2 Å². The van der Waals surface area contributed by atoms with Crippen molar-refractivity contribution in [3.05, 3.63) is 22.2 Å². The lowest BCUT2D eigenvalue weighted by Crippen LogP contribution is -2.34. The van der Waals surface area contributed by atoms with E-state index in [1.807, 2.05) is 19.1 Å². The number of benzene rings is 1. The van der Waals surface area contributed by atoms with Crippen molar-refractivity contribution in [2.75, 3.05) is 20.3 Å². The molecule has 1 rings (SSSR count). The van der Waals surface area contributed by atoms with E-state index in [9.17, 15) is 4.79 Å². The first-order valence-corrected chi connectivity index (χ1v) is 7.71. The molecule has 0 saturated carbocycles. The minimum absolute atomic E-state index is 0.255. The Morgan fingerprint density at radius 1 is 1.33 bits per heavy atom. The van der Waals surface area contributed by atoms with Crippen molar-refractivity contribution < 1.29 is 19.0 Å². The van der Waals surface area contributed by atoms with Crippen LogP contribution in [0.15, 0.2) is 16.6 Å². The average molecular weight is 360 g/mol. The molecule has 118 valence electrons. The number of carbonyl (C=O) groups is 1. The van der Waals surface area contributed by atoms with Crippen molar-refractivity contribution in [1.29, 1.82) is 0 Å². The predicted molar refractivity (Wildman–Crippen MR) is 84.8 cm³/mol. The highest BCUT2D eigenvalue weighted by Gasteiger charge is 2.15. The van der Waals surface area contributed by atoms with E-state index >= 15 is 0 Å². The Kier molecular flexibility index (Phi) is 7.53. The maximum Gasteiger partial charge on any atom is 0.322 e. The number of nitrogens with one attached hydrogen (secondary N) is 1. The molecule has 0 bridgehead atoms. The van der Waals surface area contributed by atoms with Crippen LogP contribution in [-0.2, 0) is 16.1 Å². The average Bonchev–Trinajstić information content (AvgIpc) is 2.47. The van der Waals surface area contributed by atoms with E-state index in [1.54, 1.807) is 21.0 Å². The molecule has 0 aromatic heterocycles. The van der Waals surface area contributed by atoms with Crippen LogP contribution in [0.25, 0.3) is 0 Å². The number of hydrogen-bond donors (Lipinski definition) is 1. The maximum atomic E-state index is 11.6. The molecule has 5 nitrogen and oxygen atoms in total. The summed E-state index contributed by atoms with van der Waals surface area (Å²) in [4.78, 5) is 11.6. The van der Waals surface area contributed by atoms with Crippen LogP contribution in [0.2, 0.25) is 0 Å². The second-order valence-corrected chi connectivity index (χ2v) is 5.25. The van der Waals surface area contributed by atoms with Crippen LogP contribution in [0.1, 0.15) is 26.3 Å². The van der Waals surface area contributed by atoms with E-state index in [-0.39, 0.29) is 12.0 Å². The monoisotopic (exact) mass is 359 g/mol. The lowest BCUT2D eigenvalue weighted by molar-refractivity contribution is -0.145. The minimum atomic E-state index is -0.360. The second-order valence-electron chi connectivity index (χ2n) is 4.40. The van der Waals surface area contributed by atoms with E-state index in [1.165, 1.54) is 0 Å². The molecule has 1 unspecified atom stereocenters. The van der Waals surface area contributed by atoms with Gasteiger partial charge < -0.3 is 19.5 Å². The Morgan fingerprint density at radius 2 is 2.05 bits per heavy atom. The van der Waals surface area contributed by atoms with E-state index in [4.69, 9.17) is 14.2 Å². The molecule has 1 aromatic rings. The molecular formula is C15H22BrNO4. The molecular weight excluding hydrogens is 338 g/mol. The molecule has 0 amide bonds. The van der Waals surface area contributed by atoms with Crippen molar-refractivity contribution in [2.24, 2.45) is 0 Å². The fraction of sp³-hybridized carbons (Fsp3) is 0.533. The van der Waals surface area contributed by atoms with E-state index in [0.717, 1.165) is 10.0 Å². The molecule has 0 saturated heterocycles. The van der Waals surface area contributed by atoms with E-state index < -0.39 is 0 Å². The van der Waals surface area contributed by atoms with Crippen LogP contribution < -0.4 is 14.8 Å². The first-order chi connectivity index (χ1) is 10.0. The summed E-state index contributed by atoms with van der Waals surface area (Å²) < 4.78 is 16.7. The van der Waals surface area contributed by atoms with Gasteiger partial charge in [0.2, 0.25) is 0 Å². The Hall–Kier alpha value is -1.27. The van der Waals surface area contributed by atoms with Gasteiger partial charge >= 0.3 is 5.97 Å². The van der Waals surface area contributed by atoms with Crippen LogP contribution in [0.3, 0.4) is 0 Å². The van der Waals surface area contributed by atoms with Crippen molar-refractivity contribution in [3.63, 3.8) is 0 Å². The molecule has 0 spiro atoms. The highest BCUT2D eigenvalue weighted by molar-refractivity contribution is 9.10. The number of rotatable bonds is 8. The van der Waals surface area contributed by atoms with E-state index in [0.29, 0.717) is 31.3 Å². The highest BCUT2D eigenvalue weighted by Crippen LogP contribution is 2.36. The van der Waals surface area contributed by atoms with Crippen LogP contribution in [-0.4, -0.2) is 32.3 Å². The van der Waals surface area contributed by atoms with Gasteiger partial charge in [-0.25, -0.2) is 0 Å². The lowest BCUT2D eigenvalue weighted by Gasteiger charge is -2.15. The van der Waals surface area contributed by atoms with Gasteiger partial charge in [0, 0.05) is 6.54 Å².